The molecule has 0 heterocycles. The van der Waals surface area contributed by atoms with Crippen molar-refractivity contribution in [2.75, 3.05) is 0 Å². The summed E-state index contributed by atoms with van der Waals surface area (Å²) < 4.78 is 53.5. The third-order valence-electron chi connectivity index (χ3n) is 6.52. The highest BCUT2D eigenvalue weighted by molar-refractivity contribution is 5.89. The maximum atomic E-state index is 15.2. The molecule has 0 N–H and O–H groups in total. The lowest BCUT2D eigenvalue weighted by Crippen LogP contribution is -2.13. The first-order chi connectivity index (χ1) is 14.4. The summed E-state index contributed by atoms with van der Waals surface area (Å²) in [6.45, 7) is 2.24. The summed E-state index contributed by atoms with van der Waals surface area (Å²) in [5.41, 5.74) is 1.30. The van der Waals surface area contributed by atoms with Crippen molar-refractivity contribution in [2.45, 2.75) is 57.5 Å². The standard InChI is InChI=1S/C26H26F4/c1-2-3-17-4-6-18(7-5-17)20-10-14-24-21(16-20)11-15-23(25(24)27)19-8-12-22(13-9-19)26(28,29)30/h8-18H,2-7H2,1H3/t17-,18-. The van der Waals surface area contributed by atoms with Gasteiger partial charge < -0.3 is 0 Å². The molecule has 30 heavy (non-hydrogen) atoms. The normalized spacial score (nSPS) is 19.9. The van der Waals surface area contributed by atoms with Crippen molar-refractivity contribution in [1.29, 1.82) is 0 Å². The molecule has 0 saturated heterocycles. The third-order valence-corrected chi connectivity index (χ3v) is 6.52. The van der Waals surface area contributed by atoms with Crippen LogP contribution in [0.1, 0.15) is 62.5 Å². The van der Waals surface area contributed by atoms with Gasteiger partial charge in [0.1, 0.15) is 5.82 Å². The van der Waals surface area contributed by atoms with Gasteiger partial charge >= 0.3 is 6.18 Å². The van der Waals surface area contributed by atoms with E-state index >= 15 is 4.39 Å². The Balaban J connectivity index is 1.59. The molecule has 3 aromatic carbocycles. The van der Waals surface area contributed by atoms with E-state index in [0.29, 0.717) is 22.4 Å². The van der Waals surface area contributed by atoms with Crippen LogP contribution in [0.4, 0.5) is 17.6 Å². The number of hydrogen-bond donors (Lipinski definition) is 0. The van der Waals surface area contributed by atoms with Gasteiger partial charge in [0.05, 0.1) is 5.56 Å². The van der Waals surface area contributed by atoms with Crippen molar-refractivity contribution in [1.82, 2.24) is 0 Å². The molecule has 0 aliphatic heterocycles. The van der Waals surface area contributed by atoms with Gasteiger partial charge in [0.2, 0.25) is 0 Å². The number of fused-ring (bicyclic) bond motifs is 1. The molecule has 4 heteroatoms. The zero-order chi connectivity index (χ0) is 21.3. The van der Waals surface area contributed by atoms with Crippen LogP contribution in [0.3, 0.4) is 0 Å². The first-order valence-electron chi connectivity index (χ1n) is 10.8. The van der Waals surface area contributed by atoms with Gasteiger partial charge in [-0.05, 0) is 66.2 Å². The summed E-state index contributed by atoms with van der Waals surface area (Å²) in [4.78, 5) is 0. The van der Waals surface area contributed by atoms with Crippen LogP contribution >= 0.6 is 0 Å². The molecule has 4 rings (SSSR count). The van der Waals surface area contributed by atoms with Gasteiger partial charge in [0, 0.05) is 10.9 Å². The summed E-state index contributed by atoms with van der Waals surface area (Å²) in [5.74, 6) is 0.987. The van der Waals surface area contributed by atoms with Gasteiger partial charge in [-0.2, -0.15) is 13.2 Å². The predicted octanol–water partition coefficient (Wildman–Crippen LogP) is 8.74. The Hall–Kier alpha value is -2.36. The molecule has 0 amide bonds. The van der Waals surface area contributed by atoms with Gasteiger partial charge in [0.15, 0.2) is 0 Å². The van der Waals surface area contributed by atoms with E-state index in [2.05, 4.69) is 13.0 Å². The van der Waals surface area contributed by atoms with Gasteiger partial charge in [-0.1, -0.05) is 62.2 Å². The average molecular weight is 414 g/mol. The van der Waals surface area contributed by atoms with Crippen molar-refractivity contribution in [3.05, 3.63) is 71.5 Å². The van der Waals surface area contributed by atoms with Gasteiger partial charge in [-0.3, -0.25) is 0 Å². The SMILES string of the molecule is CCC[C@H]1CC[C@H](c2ccc3c(F)c(-c4ccc(C(F)(F)F)cc4)ccc3c2)CC1. The smallest absolute Gasteiger partial charge is 0.206 e. The summed E-state index contributed by atoms with van der Waals surface area (Å²) in [5, 5.41) is 1.35. The fourth-order valence-corrected chi connectivity index (χ4v) is 4.82. The quantitative estimate of drug-likeness (QED) is 0.374. The molecule has 1 saturated carbocycles. The Kier molecular flexibility index (Phi) is 5.86. The number of halogens is 4. The van der Waals surface area contributed by atoms with Crippen molar-refractivity contribution in [3.63, 3.8) is 0 Å². The Morgan fingerprint density at radius 3 is 2.20 bits per heavy atom. The summed E-state index contributed by atoms with van der Waals surface area (Å²) in [6, 6.07) is 14.1. The molecule has 0 atom stereocenters. The largest absolute Gasteiger partial charge is 0.416 e. The minimum atomic E-state index is -4.40. The van der Waals surface area contributed by atoms with E-state index in [0.717, 1.165) is 23.4 Å². The Morgan fingerprint density at radius 2 is 1.57 bits per heavy atom. The Morgan fingerprint density at radius 1 is 0.867 bits per heavy atom. The van der Waals surface area contributed by atoms with Gasteiger partial charge in [-0.25, -0.2) is 4.39 Å². The fourth-order valence-electron chi connectivity index (χ4n) is 4.82. The van der Waals surface area contributed by atoms with Crippen LogP contribution in [0.15, 0.2) is 54.6 Å². The molecule has 158 valence electrons. The second-order valence-corrected chi connectivity index (χ2v) is 8.49. The average Bonchev–Trinajstić information content (AvgIpc) is 2.74. The monoisotopic (exact) mass is 414 g/mol. The zero-order valence-corrected chi connectivity index (χ0v) is 17.1. The van der Waals surface area contributed by atoms with E-state index in [1.54, 1.807) is 6.07 Å². The minimum absolute atomic E-state index is 0.323. The Bertz CT molecular complexity index is 1010. The van der Waals surface area contributed by atoms with Crippen LogP contribution in [-0.4, -0.2) is 0 Å². The number of rotatable bonds is 4. The maximum absolute atomic E-state index is 15.2. The van der Waals surface area contributed by atoms with Crippen molar-refractivity contribution in [3.8, 4) is 11.1 Å². The lowest BCUT2D eigenvalue weighted by atomic mass is 9.77. The second-order valence-electron chi connectivity index (χ2n) is 8.49. The van der Waals surface area contributed by atoms with Gasteiger partial charge in [0.25, 0.3) is 0 Å². The highest BCUT2D eigenvalue weighted by Gasteiger charge is 2.30. The maximum Gasteiger partial charge on any atom is 0.416 e. The van der Waals surface area contributed by atoms with E-state index < -0.39 is 11.7 Å². The Labute approximate surface area is 174 Å². The summed E-state index contributed by atoms with van der Waals surface area (Å²) in [7, 11) is 0. The van der Waals surface area contributed by atoms with E-state index in [1.807, 2.05) is 18.2 Å². The topological polar surface area (TPSA) is 0 Å². The lowest BCUT2D eigenvalue weighted by molar-refractivity contribution is -0.137. The lowest BCUT2D eigenvalue weighted by Gasteiger charge is -2.28. The summed E-state index contributed by atoms with van der Waals surface area (Å²) >= 11 is 0. The van der Waals surface area contributed by atoms with Crippen LogP contribution in [0, 0.1) is 11.7 Å². The molecule has 0 bridgehead atoms. The first kappa shape index (κ1) is 20.9. The molecular formula is C26H26F4. The van der Waals surface area contributed by atoms with Crippen LogP contribution in [0.2, 0.25) is 0 Å². The van der Waals surface area contributed by atoms with Crippen LogP contribution in [0.5, 0.6) is 0 Å². The molecule has 1 fully saturated rings. The minimum Gasteiger partial charge on any atom is -0.206 e. The third kappa shape index (κ3) is 4.23. The second kappa shape index (κ2) is 8.41. The van der Waals surface area contributed by atoms with E-state index in [1.165, 1.54) is 56.2 Å². The fraction of sp³-hybridized carbons (Fsp3) is 0.385. The molecule has 0 nitrogen and oxygen atoms in total. The molecule has 3 aromatic rings. The number of alkyl halides is 3. The molecule has 0 radical (unpaired) electrons. The van der Waals surface area contributed by atoms with Crippen molar-refractivity contribution >= 4 is 10.8 Å². The van der Waals surface area contributed by atoms with Crippen LogP contribution < -0.4 is 0 Å². The zero-order valence-electron chi connectivity index (χ0n) is 17.1. The highest BCUT2D eigenvalue weighted by Crippen LogP contribution is 2.39. The van der Waals surface area contributed by atoms with E-state index in [9.17, 15) is 13.2 Å². The molecule has 1 aliphatic carbocycles. The van der Waals surface area contributed by atoms with E-state index in [4.69, 9.17) is 0 Å². The molecule has 0 spiro atoms. The first-order valence-corrected chi connectivity index (χ1v) is 10.8. The van der Waals surface area contributed by atoms with E-state index in [-0.39, 0.29) is 5.82 Å². The van der Waals surface area contributed by atoms with Gasteiger partial charge in [-0.15, -0.1) is 0 Å². The molecular weight excluding hydrogens is 388 g/mol. The molecule has 0 unspecified atom stereocenters. The summed E-state index contributed by atoms with van der Waals surface area (Å²) in [6.07, 6.45) is 3.04. The van der Waals surface area contributed by atoms with Crippen molar-refractivity contribution in [2.24, 2.45) is 5.92 Å². The van der Waals surface area contributed by atoms with Crippen LogP contribution in [0.25, 0.3) is 21.9 Å². The van der Waals surface area contributed by atoms with Crippen LogP contribution in [-0.2, 0) is 6.18 Å². The molecule has 0 aromatic heterocycles. The predicted molar refractivity (Wildman–Crippen MR) is 114 cm³/mol. The number of benzene rings is 3. The molecule has 1 aliphatic rings. The highest BCUT2D eigenvalue weighted by atomic mass is 19.4. The van der Waals surface area contributed by atoms with Crippen molar-refractivity contribution < 1.29 is 17.6 Å². The number of hydrogen-bond acceptors (Lipinski definition) is 0.